The Morgan fingerprint density at radius 1 is 0.620 bits per heavy atom. The van der Waals surface area contributed by atoms with Gasteiger partial charge in [0.1, 0.15) is 48.0 Å². The van der Waals surface area contributed by atoms with Gasteiger partial charge < -0.3 is 84.8 Å². The maximum absolute atomic E-state index is 14.5. The highest BCUT2D eigenvalue weighted by Crippen LogP contribution is 2.20. The lowest BCUT2D eigenvalue weighted by Gasteiger charge is -2.28. The number of nitrogens with two attached hydrogens (primary N) is 3. The Morgan fingerprint density at radius 2 is 1.13 bits per heavy atom. The van der Waals surface area contributed by atoms with Gasteiger partial charge in [0.2, 0.25) is 41.4 Å². The number of carbonyl (C=O) groups excluding carboxylic acids is 7. The molecular formula is C52H74N14O13. The number of nitrogens with one attached hydrogen (secondary N) is 9. The average molecular weight is 1100 g/mol. The van der Waals surface area contributed by atoms with Gasteiger partial charge in [0.15, 0.2) is 5.96 Å². The van der Waals surface area contributed by atoms with Crippen LogP contribution in [0.4, 0.5) is 0 Å². The Kier molecular flexibility index (Phi) is 24.7. The zero-order valence-corrected chi connectivity index (χ0v) is 44.5. The number of aliphatic imine (C=N–C) groups is 1. The summed E-state index contributed by atoms with van der Waals surface area (Å²) >= 11 is 0. The average Bonchev–Trinajstić information content (AvgIpc) is 4.08. The number of carboxylic acids is 2. The molecule has 19 N–H and O–H groups in total. The molecule has 2 aromatic heterocycles. The summed E-state index contributed by atoms with van der Waals surface area (Å²) in [5.74, 6) is -9.50. The summed E-state index contributed by atoms with van der Waals surface area (Å²) in [6.07, 6.45) is 3.34. The van der Waals surface area contributed by atoms with Crippen molar-refractivity contribution >= 4 is 70.2 Å². The normalized spacial score (nSPS) is 14.3. The first-order valence-electron chi connectivity index (χ1n) is 25.7. The minimum absolute atomic E-state index is 0.0266. The van der Waals surface area contributed by atoms with Crippen LogP contribution in [-0.4, -0.2) is 156 Å². The molecule has 2 aromatic carbocycles. The predicted molar refractivity (Wildman–Crippen MR) is 288 cm³/mol. The lowest BCUT2D eigenvalue weighted by molar-refractivity contribution is -0.142. The van der Waals surface area contributed by atoms with Crippen LogP contribution in [0.1, 0.15) is 83.0 Å². The molecule has 27 heteroatoms. The van der Waals surface area contributed by atoms with Crippen LogP contribution < -0.4 is 54.4 Å². The summed E-state index contributed by atoms with van der Waals surface area (Å²) in [5.41, 5.74) is 18.8. The Labute approximate surface area is 455 Å². The van der Waals surface area contributed by atoms with Gasteiger partial charge >= 0.3 is 11.9 Å². The molecule has 0 bridgehead atoms. The fourth-order valence-corrected chi connectivity index (χ4v) is 8.32. The van der Waals surface area contributed by atoms with Gasteiger partial charge in [0.05, 0.1) is 19.0 Å². The van der Waals surface area contributed by atoms with Crippen molar-refractivity contribution in [2.24, 2.45) is 34.0 Å². The van der Waals surface area contributed by atoms with Gasteiger partial charge in [-0.2, -0.15) is 0 Å². The smallest absolute Gasteiger partial charge is 0.326 e. The number of aliphatic carboxylic acids is 2. The standard InChI is InChI=1S/C52H74N14O13/c1-27(2)18-37(45(72)60-36(51(78)79)10-7-17-57-52(54)55)62-46(73)38(19-28(3)4)63-47(74)39(20-29-11-13-32(68)14-12-29)64-50(77)42(25-67)66-48(75)40(21-30-23-58-35-9-6-5-8-33(30)35)65-49(76)41(22-31-24-56-26-59-31)61-44(71)34(53)15-16-43(69)70/h5-6,8-9,11-14,23-24,26-28,34,36-42,58,67-68H,7,10,15-22,25,53H2,1-4H3,(H,56,59)(H,60,72)(H,61,71)(H,62,73)(H,63,74)(H,64,77)(H,65,76)(H,66,75)(H,69,70)(H,78,79)(H4,54,55,57)/t34-,36-,37-,38+,39-,40-,41-,42-/m0/s1. The van der Waals surface area contributed by atoms with E-state index in [1.165, 1.54) is 36.8 Å². The number of aliphatic hydroxyl groups is 1. The van der Waals surface area contributed by atoms with Crippen LogP contribution in [0.2, 0.25) is 0 Å². The minimum Gasteiger partial charge on any atom is -0.508 e. The van der Waals surface area contributed by atoms with Crippen molar-refractivity contribution in [3.63, 3.8) is 0 Å². The largest absolute Gasteiger partial charge is 0.508 e. The molecule has 7 amide bonds. The molecule has 8 atom stereocenters. The first-order valence-corrected chi connectivity index (χ1v) is 25.7. The van der Waals surface area contributed by atoms with Crippen molar-refractivity contribution in [2.45, 2.75) is 134 Å². The second-order valence-electron chi connectivity index (χ2n) is 19.9. The summed E-state index contributed by atoms with van der Waals surface area (Å²) in [7, 11) is 0. The van der Waals surface area contributed by atoms with E-state index in [-0.39, 0.29) is 81.5 Å². The molecule has 0 aliphatic heterocycles. The number of rotatable bonds is 33. The minimum atomic E-state index is -1.77. The van der Waals surface area contributed by atoms with E-state index in [1.807, 2.05) is 0 Å². The molecule has 2 heterocycles. The molecule has 0 saturated carbocycles. The maximum Gasteiger partial charge on any atom is 0.326 e. The maximum atomic E-state index is 14.5. The van der Waals surface area contributed by atoms with Gasteiger partial charge in [-0.25, -0.2) is 9.78 Å². The number of phenolic OH excluding ortho intramolecular Hbond substituents is 1. The number of nitrogens with zero attached hydrogens (tertiary/aromatic N) is 2. The van der Waals surface area contributed by atoms with E-state index < -0.39 is 115 Å². The number of aromatic nitrogens is 3. The van der Waals surface area contributed by atoms with E-state index in [2.05, 4.69) is 57.2 Å². The number of hydrogen-bond donors (Lipinski definition) is 16. The highest BCUT2D eigenvalue weighted by molar-refractivity contribution is 5.98. The zero-order chi connectivity index (χ0) is 58.3. The van der Waals surface area contributed by atoms with Crippen LogP contribution in [0.5, 0.6) is 5.75 Å². The number of phenols is 1. The molecule has 0 spiro atoms. The van der Waals surface area contributed by atoms with E-state index in [0.29, 0.717) is 27.7 Å². The van der Waals surface area contributed by atoms with Crippen LogP contribution >= 0.6 is 0 Å². The number of hydrogen-bond acceptors (Lipinski definition) is 14. The van der Waals surface area contributed by atoms with Gasteiger partial charge in [-0.15, -0.1) is 0 Å². The number of imidazole rings is 1. The second kappa shape index (κ2) is 31.0. The van der Waals surface area contributed by atoms with Crippen molar-refractivity contribution in [2.75, 3.05) is 13.2 Å². The summed E-state index contributed by atoms with van der Waals surface area (Å²) < 4.78 is 0. The number of amides is 7. The highest BCUT2D eigenvalue weighted by Gasteiger charge is 2.35. The van der Waals surface area contributed by atoms with E-state index >= 15 is 0 Å². The quantitative estimate of drug-likeness (QED) is 0.0146. The third-order valence-corrected chi connectivity index (χ3v) is 12.4. The third kappa shape index (κ3) is 21.0. The molecule has 0 radical (unpaired) electrons. The summed E-state index contributed by atoms with van der Waals surface area (Å²) in [6, 6.07) is 1.30. The third-order valence-electron chi connectivity index (χ3n) is 12.4. The van der Waals surface area contributed by atoms with E-state index in [0.717, 1.165) is 0 Å². The molecule has 430 valence electrons. The monoisotopic (exact) mass is 1100 g/mol. The summed E-state index contributed by atoms with van der Waals surface area (Å²) in [5, 5.41) is 58.4. The Balaban J connectivity index is 1.61. The number of aromatic hydroxyl groups is 1. The van der Waals surface area contributed by atoms with Gasteiger partial charge in [-0.1, -0.05) is 58.0 Å². The molecule has 0 saturated heterocycles. The number of H-pyrrole nitrogens is 2. The number of fused-ring (bicyclic) bond motifs is 1. The van der Waals surface area contributed by atoms with E-state index in [4.69, 9.17) is 22.3 Å². The van der Waals surface area contributed by atoms with Gasteiger partial charge in [0.25, 0.3) is 0 Å². The lowest BCUT2D eigenvalue weighted by atomic mass is 9.98. The number of aromatic amines is 2. The van der Waals surface area contributed by atoms with Crippen molar-refractivity contribution < 1.29 is 63.6 Å². The fourth-order valence-electron chi connectivity index (χ4n) is 8.32. The fraction of sp³-hybridized carbons (Fsp3) is 0.481. The van der Waals surface area contributed by atoms with Crippen LogP contribution in [0, 0.1) is 11.8 Å². The van der Waals surface area contributed by atoms with E-state index in [1.54, 1.807) is 58.2 Å². The van der Waals surface area contributed by atoms with Crippen molar-refractivity contribution in [1.29, 1.82) is 0 Å². The van der Waals surface area contributed by atoms with Crippen molar-refractivity contribution in [3.8, 4) is 5.75 Å². The molecule has 4 rings (SSSR count). The van der Waals surface area contributed by atoms with Crippen LogP contribution in [0.15, 0.2) is 72.2 Å². The zero-order valence-electron chi connectivity index (χ0n) is 44.5. The topological polar surface area (TPSA) is 454 Å². The predicted octanol–water partition coefficient (Wildman–Crippen LogP) is -1.57. The Morgan fingerprint density at radius 3 is 1.66 bits per heavy atom. The molecule has 4 aromatic rings. The van der Waals surface area contributed by atoms with E-state index in [9.17, 15) is 58.5 Å². The number of carbonyl (C=O) groups is 9. The lowest BCUT2D eigenvalue weighted by Crippen LogP contribution is -2.61. The van der Waals surface area contributed by atoms with Crippen LogP contribution in [0.25, 0.3) is 10.9 Å². The van der Waals surface area contributed by atoms with Gasteiger partial charge in [-0.3, -0.25) is 43.3 Å². The van der Waals surface area contributed by atoms with Gasteiger partial charge in [-0.05, 0) is 73.3 Å². The highest BCUT2D eigenvalue weighted by atomic mass is 16.4. The summed E-state index contributed by atoms with van der Waals surface area (Å²) in [6.45, 7) is 6.21. The van der Waals surface area contributed by atoms with Crippen LogP contribution in [-0.2, 0) is 62.4 Å². The SMILES string of the molecule is CC(C)C[C@H](NC(=O)[C@@H](CC(C)C)NC(=O)[C@H](Cc1ccc(O)cc1)NC(=O)[C@H](CO)NC(=O)[C@H](Cc1c[nH]c2ccccc12)NC(=O)[C@H](Cc1cnc[nH]1)NC(=O)[C@@H](N)CCC(=O)O)C(=O)N[C@@H](CCCN=C(N)N)C(=O)O. The number of carboxylic acid groups (broad SMARTS) is 2. The van der Waals surface area contributed by atoms with Crippen molar-refractivity contribution in [3.05, 3.63) is 84.1 Å². The number of para-hydroxylation sites is 1. The first kappa shape index (κ1) is 62.9. The molecule has 27 nitrogen and oxygen atoms in total. The Hall–Kier alpha value is -8.59. The van der Waals surface area contributed by atoms with Crippen molar-refractivity contribution in [1.82, 2.24) is 52.2 Å². The number of benzene rings is 2. The Bertz CT molecular complexity index is 2730. The second-order valence-corrected chi connectivity index (χ2v) is 19.9. The molecule has 0 unspecified atom stereocenters. The van der Waals surface area contributed by atoms with Gasteiger partial charge in [0, 0.05) is 61.2 Å². The molecule has 0 aliphatic carbocycles. The first-order chi connectivity index (χ1) is 37.4. The molecule has 0 fully saturated rings. The molecule has 0 aliphatic rings. The van der Waals surface area contributed by atoms with Crippen LogP contribution in [0.3, 0.4) is 0 Å². The number of aliphatic hydroxyl groups excluding tert-OH is 1. The molecule has 79 heavy (non-hydrogen) atoms. The number of guanidine groups is 1. The summed E-state index contributed by atoms with van der Waals surface area (Å²) in [4.78, 5) is 135. The molecular weight excluding hydrogens is 1030 g/mol.